The predicted octanol–water partition coefficient (Wildman–Crippen LogP) is 12.2. The Morgan fingerprint density at radius 3 is 1.10 bits per heavy atom. The minimum absolute atomic E-state index is 0.915. The van der Waals surface area contributed by atoms with Crippen LogP contribution in [0.5, 0.6) is 0 Å². The minimum atomic E-state index is 0.915. The van der Waals surface area contributed by atoms with Crippen LogP contribution in [0, 0.1) is 62.3 Å². The first-order chi connectivity index (χ1) is 24.4. The average molecular weight is 665 g/mol. The lowest BCUT2D eigenvalue weighted by molar-refractivity contribution is 1.11. The fraction of sp³-hybridized carbons (Fsp3) is 0.191. The van der Waals surface area contributed by atoms with Crippen LogP contribution in [0.3, 0.4) is 0 Å². The third-order valence-electron chi connectivity index (χ3n) is 10.2. The van der Waals surface area contributed by atoms with Crippen molar-refractivity contribution in [1.29, 1.82) is 0 Å². The molecular weight excluding hydrogens is 621 g/mol. The zero-order valence-electron chi connectivity index (χ0n) is 31.1. The molecule has 1 N–H and O–H groups in total. The molecule has 4 nitrogen and oxygen atoms in total. The van der Waals surface area contributed by atoms with Crippen LogP contribution in [-0.2, 0) is 0 Å². The number of aromatic amines is 1. The number of fused-ring (bicyclic) bond motifs is 8. The molecule has 4 heteroatoms. The lowest BCUT2D eigenvalue weighted by atomic mass is 9.86. The molecule has 252 valence electrons. The summed E-state index contributed by atoms with van der Waals surface area (Å²) in [6, 6.07) is 26.9. The summed E-state index contributed by atoms with van der Waals surface area (Å²) in [5.74, 6) is 0. The zero-order chi connectivity index (χ0) is 35.7. The molecule has 0 amide bonds. The van der Waals surface area contributed by atoms with Crippen molar-refractivity contribution in [2.24, 2.45) is 0 Å². The second-order valence-corrected chi connectivity index (χ2v) is 14.7. The average Bonchev–Trinajstić information content (AvgIpc) is 3.83. The first-order valence-corrected chi connectivity index (χ1v) is 17.8. The number of nitrogens with zero attached hydrogens (tertiary/aromatic N) is 3. The molecule has 3 aromatic heterocycles. The van der Waals surface area contributed by atoms with E-state index in [9.17, 15) is 0 Å². The monoisotopic (exact) mass is 664 g/mol. The van der Waals surface area contributed by atoms with E-state index in [4.69, 9.17) is 9.97 Å². The van der Waals surface area contributed by atoms with Gasteiger partial charge in [-0.1, -0.05) is 53.1 Å². The molecule has 0 aliphatic carbocycles. The van der Waals surface area contributed by atoms with E-state index in [0.717, 1.165) is 44.8 Å². The van der Waals surface area contributed by atoms with E-state index in [1.165, 1.54) is 78.0 Å². The molecule has 0 unspecified atom stereocenters. The first-order valence-electron chi connectivity index (χ1n) is 17.8. The summed E-state index contributed by atoms with van der Waals surface area (Å²) in [6.07, 6.45) is 8.50. The molecule has 6 aromatic rings. The van der Waals surface area contributed by atoms with Crippen LogP contribution in [0.1, 0.15) is 72.8 Å². The van der Waals surface area contributed by atoms with Gasteiger partial charge in [0.1, 0.15) is 0 Å². The quantitative estimate of drug-likeness (QED) is 0.204. The van der Waals surface area contributed by atoms with Crippen LogP contribution in [-0.4, -0.2) is 19.5 Å². The van der Waals surface area contributed by atoms with Crippen LogP contribution < -0.4 is 0 Å². The van der Waals surface area contributed by atoms with Crippen LogP contribution in [0.2, 0.25) is 0 Å². The van der Waals surface area contributed by atoms with Gasteiger partial charge in [0, 0.05) is 22.2 Å². The Hall–Kier alpha value is -5.74. The number of nitrogens with one attached hydrogen (secondary N) is 1. The molecule has 0 fully saturated rings. The van der Waals surface area contributed by atoms with E-state index >= 15 is 0 Å². The fourth-order valence-corrected chi connectivity index (χ4v) is 8.61. The number of benzene rings is 3. The van der Waals surface area contributed by atoms with Crippen LogP contribution in [0.4, 0.5) is 0 Å². The highest BCUT2D eigenvalue weighted by atomic mass is 15.0. The van der Waals surface area contributed by atoms with Crippen LogP contribution in [0.15, 0.2) is 72.8 Å². The summed E-state index contributed by atoms with van der Waals surface area (Å²) in [5.41, 5.74) is 25.3. The summed E-state index contributed by atoms with van der Waals surface area (Å²) in [4.78, 5) is 13.9. The Kier molecular flexibility index (Phi) is 7.79. The molecule has 3 aromatic carbocycles. The van der Waals surface area contributed by atoms with Gasteiger partial charge in [-0.25, -0.2) is 9.97 Å². The summed E-state index contributed by atoms with van der Waals surface area (Å²) in [6.45, 7) is 20.1. The summed E-state index contributed by atoms with van der Waals surface area (Å²) < 4.78 is 2.50. The Labute approximate surface area is 300 Å². The van der Waals surface area contributed by atoms with Gasteiger partial charge in [-0.15, -0.1) is 0 Å². The molecule has 0 saturated heterocycles. The van der Waals surface area contributed by atoms with Gasteiger partial charge in [0.05, 0.1) is 39.5 Å². The second-order valence-electron chi connectivity index (χ2n) is 14.7. The number of H-pyrrole nitrogens is 1. The number of hydrogen-bond acceptors (Lipinski definition) is 2. The fourth-order valence-electron chi connectivity index (χ4n) is 8.61. The van der Waals surface area contributed by atoms with E-state index in [1.54, 1.807) is 0 Å². The van der Waals surface area contributed by atoms with Crippen molar-refractivity contribution >= 4 is 46.4 Å². The van der Waals surface area contributed by atoms with Crippen molar-refractivity contribution in [1.82, 2.24) is 19.5 Å². The molecule has 2 aliphatic rings. The van der Waals surface area contributed by atoms with E-state index in [-0.39, 0.29) is 0 Å². The van der Waals surface area contributed by atoms with Gasteiger partial charge in [0.15, 0.2) is 0 Å². The molecule has 2 aliphatic heterocycles. The maximum Gasteiger partial charge on any atom is 0.0658 e. The highest BCUT2D eigenvalue weighted by molar-refractivity contribution is 6.08. The molecule has 0 spiro atoms. The topological polar surface area (TPSA) is 46.5 Å². The second kappa shape index (κ2) is 12.2. The Bertz CT molecular complexity index is 2450. The Balaban J connectivity index is 1.71. The molecule has 8 bridgehead atoms. The van der Waals surface area contributed by atoms with Gasteiger partial charge in [-0.2, -0.15) is 0 Å². The van der Waals surface area contributed by atoms with Crippen molar-refractivity contribution in [3.05, 3.63) is 146 Å². The van der Waals surface area contributed by atoms with Crippen molar-refractivity contribution in [3.8, 4) is 27.9 Å². The molecule has 0 saturated carbocycles. The van der Waals surface area contributed by atoms with Gasteiger partial charge in [-0.3, -0.25) is 0 Å². The highest BCUT2D eigenvalue weighted by Crippen LogP contribution is 2.48. The standard InChI is InChI=1S/C47H44N4/c1-26-16-29(4)43(30(5)17-26)45-41-24-39-14-12-37(49-39)22-35-10-11-36(48-35)23-38-13-15-40(50-38)25-42(46(45)44-31(6)18-27(2)19-32(44)7)51(41)47-33(8)20-28(3)21-34(47)9/h10-25,48H,1-9H3. The van der Waals surface area contributed by atoms with Crippen molar-refractivity contribution < 1.29 is 0 Å². The maximum absolute atomic E-state index is 5.18. The molecular formula is C47H44N4. The van der Waals surface area contributed by atoms with E-state index < -0.39 is 0 Å². The van der Waals surface area contributed by atoms with Crippen LogP contribution in [0.25, 0.3) is 74.3 Å². The number of rotatable bonds is 3. The number of aromatic nitrogens is 4. The van der Waals surface area contributed by atoms with Crippen molar-refractivity contribution in [3.63, 3.8) is 0 Å². The van der Waals surface area contributed by atoms with Gasteiger partial charge >= 0.3 is 0 Å². The molecule has 8 rings (SSSR count). The molecule has 51 heavy (non-hydrogen) atoms. The maximum atomic E-state index is 5.18. The minimum Gasteiger partial charge on any atom is -0.355 e. The molecule has 0 atom stereocenters. The number of aryl methyl sites for hydroxylation is 9. The Morgan fingerprint density at radius 2 is 0.725 bits per heavy atom. The molecule has 0 radical (unpaired) electrons. The van der Waals surface area contributed by atoms with Gasteiger partial charge < -0.3 is 9.55 Å². The highest BCUT2D eigenvalue weighted by Gasteiger charge is 2.27. The predicted molar refractivity (Wildman–Crippen MR) is 217 cm³/mol. The third-order valence-corrected chi connectivity index (χ3v) is 10.2. The summed E-state index contributed by atoms with van der Waals surface area (Å²) in [7, 11) is 0. The zero-order valence-corrected chi connectivity index (χ0v) is 31.1. The van der Waals surface area contributed by atoms with Gasteiger partial charge in [0.2, 0.25) is 0 Å². The number of hydrogen-bond donors (Lipinski definition) is 1. The first kappa shape index (κ1) is 32.5. The van der Waals surface area contributed by atoms with Gasteiger partial charge in [0.25, 0.3) is 0 Å². The van der Waals surface area contributed by atoms with Crippen LogP contribution >= 0.6 is 0 Å². The smallest absolute Gasteiger partial charge is 0.0658 e. The van der Waals surface area contributed by atoms with Crippen molar-refractivity contribution in [2.45, 2.75) is 62.3 Å². The van der Waals surface area contributed by atoms with Crippen molar-refractivity contribution in [2.75, 3.05) is 0 Å². The van der Waals surface area contributed by atoms with E-state index in [2.05, 4.69) is 169 Å². The SMILES string of the molecule is Cc1cc(C)c(-c2c(-c3c(C)cc(C)cc3C)c3cc4nc(cc5ccc(cc6nc(cc2n3-c2c(C)cc(C)cc2C)C=C6)[nH]5)C=C4)c(C)c1. The summed E-state index contributed by atoms with van der Waals surface area (Å²) >= 11 is 0. The molecule has 5 heterocycles. The van der Waals surface area contributed by atoms with E-state index in [1.807, 2.05) is 0 Å². The Morgan fingerprint density at radius 1 is 0.392 bits per heavy atom. The lowest BCUT2D eigenvalue weighted by Crippen LogP contribution is -2.01. The van der Waals surface area contributed by atoms with Gasteiger partial charge in [-0.05, 0) is 168 Å². The normalized spacial score (nSPS) is 12.3. The third kappa shape index (κ3) is 5.75. The summed E-state index contributed by atoms with van der Waals surface area (Å²) in [5, 5.41) is 0. The lowest BCUT2D eigenvalue weighted by Gasteiger charge is -2.17. The largest absolute Gasteiger partial charge is 0.355 e. The van der Waals surface area contributed by atoms with E-state index in [0.29, 0.717) is 0 Å².